The zero-order valence-electron chi connectivity index (χ0n) is 28.8. The standard InChI is InChI=1S/C23H25F2N5O2.C14H13ClF2N2O/c1-15-22(27-17-12-18(14-26-13-17)29-2-6-31-7-3-29)21-19(25)10-16(24)11-20(21)28-23(15)30-4-8-32-9-5-30;1-8-13(15)12-10(17)6-9(16)7-11(12)18-14(8)19-2-4-20-5-3-19/h10-14H,2-9H2,1H3,(H,27,28);6-7H,2-5H2,1H3. The molecule has 0 bridgehead atoms. The average Bonchev–Trinajstić information content (AvgIpc) is 3.15. The molecular weight excluding hydrogens is 702 g/mol. The van der Waals surface area contributed by atoms with Crippen molar-refractivity contribution in [1.82, 2.24) is 15.0 Å². The average molecular weight is 740 g/mol. The number of fused-ring (bicyclic) bond motifs is 2. The molecule has 5 aromatic rings. The first kappa shape index (κ1) is 35.9. The van der Waals surface area contributed by atoms with E-state index >= 15 is 0 Å². The van der Waals surface area contributed by atoms with E-state index in [0.717, 1.165) is 42.2 Å². The molecule has 3 fully saturated rings. The van der Waals surface area contributed by atoms with Crippen molar-refractivity contribution in [3.63, 3.8) is 0 Å². The summed E-state index contributed by atoms with van der Waals surface area (Å²) in [5.74, 6) is -1.28. The van der Waals surface area contributed by atoms with Crippen LogP contribution in [0.4, 0.5) is 46.3 Å². The molecule has 52 heavy (non-hydrogen) atoms. The Labute approximate surface area is 303 Å². The fraction of sp³-hybridized carbons (Fsp3) is 0.378. The normalized spacial score (nSPS) is 16.6. The summed E-state index contributed by atoms with van der Waals surface area (Å²) in [5.41, 5.74) is 4.26. The van der Waals surface area contributed by atoms with Crippen LogP contribution in [-0.4, -0.2) is 93.9 Å². The molecular formula is C37H38ClF4N7O3. The van der Waals surface area contributed by atoms with Crippen molar-refractivity contribution in [2.75, 3.05) is 98.9 Å². The molecule has 0 aliphatic carbocycles. The third-order valence-corrected chi connectivity index (χ3v) is 9.83. The zero-order chi connectivity index (χ0) is 36.4. The molecule has 15 heteroatoms. The van der Waals surface area contributed by atoms with Crippen LogP contribution in [0.2, 0.25) is 5.02 Å². The van der Waals surface area contributed by atoms with Gasteiger partial charge in [-0.15, -0.1) is 0 Å². The summed E-state index contributed by atoms with van der Waals surface area (Å²) in [4.78, 5) is 19.7. The highest BCUT2D eigenvalue weighted by Gasteiger charge is 2.23. The van der Waals surface area contributed by atoms with Crippen LogP contribution >= 0.6 is 11.6 Å². The second-order valence-corrected chi connectivity index (χ2v) is 13.1. The number of halogens is 5. The minimum atomic E-state index is -0.686. The van der Waals surface area contributed by atoms with Gasteiger partial charge in [0.05, 0.1) is 95.9 Å². The minimum absolute atomic E-state index is 0.169. The van der Waals surface area contributed by atoms with E-state index in [1.807, 2.05) is 24.1 Å². The van der Waals surface area contributed by atoms with Gasteiger partial charge in [0.1, 0.15) is 34.9 Å². The van der Waals surface area contributed by atoms with Crippen molar-refractivity contribution in [2.45, 2.75) is 13.8 Å². The minimum Gasteiger partial charge on any atom is -0.378 e. The number of morpholine rings is 3. The van der Waals surface area contributed by atoms with Crippen LogP contribution in [0.5, 0.6) is 0 Å². The highest BCUT2D eigenvalue weighted by Crippen LogP contribution is 2.38. The van der Waals surface area contributed by atoms with Crippen molar-refractivity contribution in [2.24, 2.45) is 0 Å². The molecule has 2 aromatic carbocycles. The molecule has 8 rings (SSSR count). The van der Waals surface area contributed by atoms with E-state index in [1.54, 1.807) is 13.1 Å². The number of nitrogens with zero attached hydrogens (tertiary/aromatic N) is 6. The lowest BCUT2D eigenvalue weighted by Crippen LogP contribution is -2.37. The predicted molar refractivity (Wildman–Crippen MR) is 194 cm³/mol. The Bertz CT molecular complexity index is 2090. The van der Waals surface area contributed by atoms with Gasteiger partial charge in [-0.1, -0.05) is 11.6 Å². The smallest absolute Gasteiger partial charge is 0.137 e. The van der Waals surface area contributed by atoms with E-state index in [-0.39, 0.29) is 26.8 Å². The van der Waals surface area contributed by atoms with Crippen LogP contribution < -0.4 is 20.0 Å². The molecule has 10 nitrogen and oxygen atoms in total. The van der Waals surface area contributed by atoms with Crippen LogP contribution in [0.15, 0.2) is 42.7 Å². The molecule has 0 amide bonds. The number of ether oxygens (including phenoxy) is 3. The van der Waals surface area contributed by atoms with Gasteiger partial charge in [0.15, 0.2) is 0 Å². The molecule has 0 radical (unpaired) electrons. The van der Waals surface area contributed by atoms with E-state index in [2.05, 4.69) is 30.1 Å². The largest absolute Gasteiger partial charge is 0.378 e. The number of rotatable bonds is 5. The van der Waals surface area contributed by atoms with Gasteiger partial charge in [-0.3, -0.25) is 4.98 Å². The van der Waals surface area contributed by atoms with E-state index in [9.17, 15) is 17.6 Å². The number of nitrogens with one attached hydrogen (secondary N) is 1. The van der Waals surface area contributed by atoms with Crippen molar-refractivity contribution >= 4 is 62.1 Å². The third kappa shape index (κ3) is 7.51. The highest BCUT2D eigenvalue weighted by molar-refractivity contribution is 6.36. The van der Waals surface area contributed by atoms with Crippen LogP contribution in [0.25, 0.3) is 21.8 Å². The Hall–Kier alpha value is -4.50. The third-order valence-electron chi connectivity index (χ3n) is 9.36. The fourth-order valence-electron chi connectivity index (χ4n) is 6.70. The lowest BCUT2D eigenvalue weighted by molar-refractivity contribution is 0.122. The van der Waals surface area contributed by atoms with Gasteiger partial charge in [0.2, 0.25) is 0 Å². The number of hydrogen-bond donors (Lipinski definition) is 1. The summed E-state index contributed by atoms with van der Waals surface area (Å²) in [5, 5.41) is 4.07. The second-order valence-electron chi connectivity index (χ2n) is 12.7. The van der Waals surface area contributed by atoms with Gasteiger partial charge in [-0.25, -0.2) is 27.5 Å². The van der Waals surface area contributed by atoms with Crippen molar-refractivity contribution in [1.29, 1.82) is 0 Å². The molecule has 1 N–H and O–H groups in total. The summed E-state index contributed by atoms with van der Waals surface area (Å²) in [6.45, 7) is 11.7. The molecule has 3 aliphatic rings. The molecule has 0 saturated carbocycles. The van der Waals surface area contributed by atoms with Gasteiger partial charge in [-0.2, -0.15) is 0 Å². The zero-order valence-corrected chi connectivity index (χ0v) is 29.6. The summed E-state index contributed by atoms with van der Waals surface area (Å²) in [6.07, 6.45) is 3.51. The summed E-state index contributed by atoms with van der Waals surface area (Å²) >= 11 is 6.25. The Morgan fingerprint density at radius 3 is 1.65 bits per heavy atom. The topological polar surface area (TPSA) is 88.1 Å². The van der Waals surface area contributed by atoms with E-state index in [0.29, 0.717) is 88.7 Å². The predicted octanol–water partition coefficient (Wildman–Crippen LogP) is 6.94. The Morgan fingerprint density at radius 2 is 1.10 bits per heavy atom. The first-order valence-corrected chi connectivity index (χ1v) is 17.5. The van der Waals surface area contributed by atoms with Crippen molar-refractivity contribution in [3.05, 3.63) is 82.1 Å². The van der Waals surface area contributed by atoms with Gasteiger partial charge in [0.25, 0.3) is 0 Å². The monoisotopic (exact) mass is 739 g/mol. The molecule has 274 valence electrons. The molecule has 3 saturated heterocycles. The molecule has 3 aliphatic heterocycles. The number of hydrogen-bond acceptors (Lipinski definition) is 10. The number of pyridine rings is 3. The molecule has 0 spiro atoms. The van der Waals surface area contributed by atoms with Gasteiger partial charge in [0, 0.05) is 74.7 Å². The first-order valence-electron chi connectivity index (χ1n) is 17.1. The van der Waals surface area contributed by atoms with E-state index in [1.165, 1.54) is 12.1 Å². The molecule has 3 aromatic heterocycles. The van der Waals surface area contributed by atoms with Crippen molar-refractivity contribution < 1.29 is 31.8 Å². The highest BCUT2D eigenvalue weighted by atomic mass is 35.5. The summed E-state index contributed by atoms with van der Waals surface area (Å²) < 4.78 is 72.4. The van der Waals surface area contributed by atoms with Gasteiger partial charge < -0.3 is 34.2 Å². The van der Waals surface area contributed by atoms with Crippen LogP contribution in [0.3, 0.4) is 0 Å². The SMILES string of the molecule is Cc1c(N2CCOCC2)nc2cc(F)cc(F)c2c1Cl.Cc1c(N2CCOCC2)nc2cc(F)cc(F)c2c1Nc1cncc(N2CCOCC2)c1. The van der Waals surface area contributed by atoms with E-state index in [4.69, 9.17) is 25.8 Å². The maximum absolute atomic E-state index is 14.9. The quantitative estimate of drug-likeness (QED) is 0.191. The summed E-state index contributed by atoms with van der Waals surface area (Å²) in [7, 11) is 0. The van der Waals surface area contributed by atoms with Gasteiger partial charge in [-0.05, 0) is 19.9 Å². The summed E-state index contributed by atoms with van der Waals surface area (Å²) in [6, 6.07) is 6.18. The maximum atomic E-state index is 14.9. The Morgan fingerprint density at radius 1 is 0.615 bits per heavy atom. The van der Waals surface area contributed by atoms with E-state index < -0.39 is 23.3 Å². The first-order chi connectivity index (χ1) is 25.2. The number of benzene rings is 2. The fourth-order valence-corrected chi connectivity index (χ4v) is 6.97. The molecule has 0 atom stereocenters. The van der Waals surface area contributed by atoms with Crippen LogP contribution in [-0.2, 0) is 14.2 Å². The Balaban J connectivity index is 0.000000180. The Kier molecular flexibility index (Phi) is 10.8. The lowest BCUT2D eigenvalue weighted by atomic mass is 10.1. The number of aromatic nitrogens is 3. The lowest BCUT2D eigenvalue weighted by Gasteiger charge is -2.30. The molecule has 6 heterocycles. The van der Waals surface area contributed by atoms with Gasteiger partial charge >= 0.3 is 0 Å². The second kappa shape index (κ2) is 15.6. The number of anilines is 5. The van der Waals surface area contributed by atoms with Crippen LogP contribution in [0.1, 0.15) is 11.1 Å². The molecule has 0 unspecified atom stereocenters. The van der Waals surface area contributed by atoms with Crippen LogP contribution in [0, 0.1) is 37.1 Å². The van der Waals surface area contributed by atoms with Crippen molar-refractivity contribution in [3.8, 4) is 0 Å². The maximum Gasteiger partial charge on any atom is 0.137 e.